The summed E-state index contributed by atoms with van der Waals surface area (Å²) in [5, 5.41) is 0.986. The number of rotatable bonds is 2. The lowest BCUT2D eigenvalue weighted by molar-refractivity contribution is 0.0690. The molecule has 1 amide bonds. The number of nitrogens with zero attached hydrogens (tertiary/aromatic N) is 2. The molecule has 0 bridgehead atoms. The maximum atomic E-state index is 12.0. The Hall–Kier alpha value is -0.420. The van der Waals surface area contributed by atoms with Crippen molar-refractivity contribution in [2.24, 2.45) is 5.92 Å². The first-order chi connectivity index (χ1) is 7.31. The van der Waals surface area contributed by atoms with Crippen molar-refractivity contribution in [2.75, 3.05) is 18.4 Å². The Bertz CT molecular complexity index is 328. The molecule has 1 aliphatic rings. The van der Waals surface area contributed by atoms with Crippen molar-refractivity contribution in [3.05, 3.63) is 16.6 Å². The van der Waals surface area contributed by atoms with Crippen LogP contribution in [-0.4, -0.2) is 34.2 Å². The van der Waals surface area contributed by atoms with E-state index in [-0.39, 0.29) is 5.91 Å². The maximum absolute atomic E-state index is 12.0. The number of aromatic nitrogens is 1. The zero-order chi connectivity index (χ0) is 10.7. The summed E-state index contributed by atoms with van der Waals surface area (Å²) in [6.07, 6.45) is 3.99. The monoisotopic (exact) mass is 288 g/mol. The minimum atomic E-state index is 0.142. The van der Waals surface area contributed by atoms with Gasteiger partial charge in [0.25, 0.3) is 5.91 Å². The standard InChI is InChI=1S/C10H13BrN2OS/c11-4-8-2-1-3-13(6-8)10(14)9-5-12-7-15-9/h5,7-8H,1-4,6H2. The summed E-state index contributed by atoms with van der Waals surface area (Å²) in [6, 6.07) is 0. The molecular weight excluding hydrogens is 276 g/mol. The Kier molecular flexibility index (Phi) is 3.75. The van der Waals surface area contributed by atoms with Gasteiger partial charge in [0.05, 0.1) is 11.7 Å². The fourth-order valence-electron chi connectivity index (χ4n) is 1.85. The second-order valence-corrected chi connectivity index (χ2v) is 5.31. The van der Waals surface area contributed by atoms with E-state index >= 15 is 0 Å². The molecule has 1 saturated heterocycles. The van der Waals surface area contributed by atoms with Crippen molar-refractivity contribution >= 4 is 33.2 Å². The molecule has 0 radical (unpaired) electrons. The summed E-state index contributed by atoms with van der Waals surface area (Å²) in [6.45, 7) is 1.77. The number of carbonyl (C=O) groups excluding carboxylic acids is 1. The molecular formula is C10H13BrN2OS. The molecule has 3 nitrogen and oxygen atoms in total. The molecule has 0 aliphatic carbocycles. The normalized spacial score (nSPS) is 21.7. The van der Waals surface area contributed by atoms with Crippen LogP contribution in [0.5, 0.6) is 0 Å². The van der Waals surface area contributed by atoms with Crippen LogP contribution in [0.1, 0.15) is 22.5 Å². The van der Waals surface area contributed by atoms with E-state index in [2.05, 4.69) is 20.9 Å². The van der Waals surface area contributed by atoms with Crippen molar-refractivity contribution in [1.29, 1.82) is 0 Å². The number of alkyl halides is 1. The van der Waals surface area contributed by atoms with Gasteiger partial charge in [-0.25, -0.2) is 0 Å². The summed E-state index contributed by atoms with van der Waals surface area (Å²) in [5.74, 6) is 0.749. The fraction of sp³-hybridized carbons (Fsp3) is 0.600. The zero-order valence-electron chi connectivity index (χ0n) is 8.36. The Balaban J connectivity index is 2.01. The van der Waals surface area contributed by atoms with Crippen molar-refractivity contribution in [1.82, 2.24) is 9.88 Å². The van der Waals surface area contributed by atoms with E-state index in [4.69, 9.17) is 0 Å². The topological polar surface area (TPSA) is 33.2 Å². The minimum Gasteiger partial charge on any atom is -0.338 e. The number of amides is 1. The van der Waals surface area contributed by atoms with Gasteiger partial charge in [-0.3, -0.25) is 9.78 Å². The molecule has 0 N–H and O–H groups in total. The lowest BCUT2D eigenvalue weighted by Crippen LogP contribution is -2.40. The number of hydrogen-bond donors (Lipinski definition) is 0. The Morgan fingerprint density at radius 3 is 3.27 bits per heavy atom. The molecule has 82 valence electrons. The summed E-state index contributed by atoms with van der Waals surface area (Å²) >= 11 is 4.91. The summed E-state index contributed by atoms with van der Waals surface area (Å²) in [7, 11) is 0. The molecule has 0 aromatic carbocycles. The fourth-order valence-corrected chi connectivity index (χ4v) is 2.97. The van der Waals surface area contributed by atoms with Gasteiger partial charge in [-0.05, 0) is 18.8 Å². The van der Waals surface area contributed by atoms with Gasteiger partial charge in [0.1, 0.15) is 4.88 Å². The van der Waals surface area contributed by atoms with Crippen molar-refractivity contribution < 1.29 is 4.79 Å². The highest BCUT2D eigenvalue weighted by Gasteiger charge is 2.24. The van der Waals surface area contributed by atoms with Crippen LogP contribution in [0, 0.1) is 5.92 Å². The third-order valence-electron chi connectivity index (χ3n) is 2.67. The van der Waals surface area contributed by atoms with E-state index in [9.17, 15) is 4.79 Å². The molecule has 1 atom stereocenters. The number of piperidine rings is 1. The van der Waals surface area contributed by atoms with Crippen LogP contribution in [0.4, 0.5) is 0 Å². The quantitative estimate of drug-likeness (QED) is 0.783. The van der Waals surface area contributed by atoms with Crippen molar-refractivity contribution in [3.63, 3.8) is 0 Å². The average Bonchev–Trinajstić information content (AvgIpc) is 2.81. The van der Waals surface area contributed by atoms with E-state index in [0.717, 1.165) is 29.7 Å². The van der Waals surface area contributed by atoms with E-state index in [1.165, 1.54) is 17.8 Å². The third-order valence-corrected chi connectivity index (χ3v) is 4.34. The van der Waals surface area contributed by atoms with E-state index in [0.29, 0.717) is 5.92 Å². The van der Waals surface area contributed by atoms with Crippen LogP contribution in [0.2, 0.25) is 0 Å². The molecule has 5 heteroatoms. The summed E-state index contributed by atoms with van der Waals surface area (Å²) < 4.78 is 0. The predicted octanol–water partition coefficient (Wildman–Crippen LogP) is 2.39. The van der Waals surface area contributed by atoms with Crippen molar-refractivity contribution in [2.45, 2.75) is 12.8 Å². The minimum absolute atomic E-state index is 0.142. The second-order valence-electron chi connectivity index (χ2n) is 3.78. The molecule has 0 saturated carbocycles. The molecule has 1 aliphatic heterocycles. The third kappa shape index (κ3) is 2.58. The number of hydrogen-bond acceptors (Lipinski definition) is 3. The van der Waals surface area contributed by atoms with Crippen LogP contribution in [-0.2, 0) is 0 Å². The Morgan fingerprint density at radius 1 is 1.73 bits per heavy atom. The Labute approximate surface area is 102 Å². The van der Waals surface area contributed by atoms with Crippen LogP contribution in [0.25, 0.3) is 0 Å². The van der Waals surface area contributed by atoms with Gasteiger partial charge in [-0.2, -0.15) is 0 Å². The molecule has 15 heavy (non-hydrogen) atoms. The number of carbonyl (C=O) groups is 1. The molecule has 1 aromatic rings. The molecule has 0 spiro atoms. The molecule has 2 rings (SSSR count). The van der Waals surface area contributed by atoms with Gasteiger partial charge in [-0.15, -0.1) is 11.3 Å². The first-order valence-corrected chi connectivity index (χ1v) is 7.05. The van der Waals surface area contributed by atoms with E-state index < -0.39 is 0 Å². The van der Waals surface area contributed by atoms with Gasteiger partial charge in [0.15, 0.2) is 0 Å². The van der Waals surface area contributed by atoms with E-state index in [1.54, 1.807) is 11.7 Å². The maximum Gasteiger partial charge on any atom is 0.265 e. The van der Waals surface area contributed by atoms with Gasteiger partial charge in [0.2, 0.25) is 0 Å². The molecule has 1 aromatic heterocycles. The number of likely N-dealkylation sites (tertiary alicyclic amines) is 1. The highest BCUT2D eigenvalue weighted by atomic mass is 79.9. The first-order valence-electron chi connectivity index (χ1n) is 5.05. The Morgan fingerprint density at radius 2 is 2.60 bits per heavy atom. The van der Waals surface area contributed by atoms with Crippen LogP contribution < -0.4 is 0 Å². The smallest absolute Gasteiger partial charge is 0.265 e. The molecule has 1 fully saturated rings. The van der Waals surface area contributed by atoms with Crippen LogP contribution >= 0.6 is 27.3 Å². The van der Waals surface area contributed by atoms with Gasteiger partial charge >= 0.3 is 0 Å². The van der Waals surface area contributed by atoms with Crippen LogP contribution in [0.3, 0.4) is 0 Å². The first kappa shape index (κ1) is 11.1. The zero-order valence-corrected chi connectivity index (χ0v) is 10.8. The number of halogens is 1. The van der Waals surface area contributed by atoms with Crippen LogP contribution in [0.15, 0.2) is 11.7 Å². The molecule has 2 heterocycles. The van der Waals surface area contributed by atoms with Gasteiger partial charge < -0.3 is 4.90 Å². The number of thiazole rings is 1. The lowest BCUT2D eigenvalue weighted by Gasteiger charge is -2.31. The second kappa shape index (κ2) is 5.07. The van der Waals surface area contributed by atoms with Crippen molar-refractivity contribution in [3.8, 4) is 0 Å². The predicted molar refractivity (Wildman–Crippen MR) is 64.5 cm³/mol. The van der Waals surface area contributed by atoms with Gasteiger partial charge in [0, 0.05) is 18.4 Å². The largest absolute Gasteiger partial charge is 0.338 e. The molecule has 1 unspecified atom stereocenters. The van der Waals surface area contributed by atoms with E-state index in [1.807, 2.05) is 4.90 Å². The lowest BCUT2D eigenvalue weighted by atomic mass is 10.0. The average molecular weight is 289 g/mol. The summed E-state index contributed by atoms with van der Waals surface area (Å²) in [4.78, 5) is 18.6. The summed E-state index contributed by atoms with van der Waals surface area (Å²) in [5.41, 5.74) is 1.71. The highest BCUT2D eigenvalue weighted by Crippen LogP contribution is 2.20. The van der Waals surface area contributed by atoms with Gasteiger partial charge in [-0.1, -0.05) is 15.9 Å². The highest BCUT2D eigenvalue weighted by molar-refractivity contribution is 9.09. The SMILES string of the molecule is O=C(c1cncs1)N1CCCC(CBr)C1.